The van der Waals surface area contributed by atoms with E-state index < -0.39 is 0 Å². The molecule has 0 aliphatic carbocycles. The zero-order valence-electron chi connectivity index (χ0n) is 7.55. The molecular weight excluding hydrogens is 136 g/mol. The van der Waals surface area contributed by atoms with Crippen LogP contribution in [0, 0.1) is 0 Å². The minimum atomic E-state index is 0.192. The van der Waals surface area contributed by atoms with Gasteiger partial charge in [-0.3, -0.25) is 0 Å². The molecule has 0 aliphatic heterocycles. The van der Waals surface area contributed by atoms with E-state index in [1.165, 1.54) is 0 Å². The molecule has 0 spiro atoms. The Labute approximate surface area is 69.1 Å². The summed E-state index contributed by atoms with van der Waals surface area (Å²) in [6, 6.07) is 0. The molecule has 0 aliphatic rings. The third-order valence-corrected chi connectivity index (χ3v) is 1.05. The van der Waals surface area contributed by atoms with E-state index in [4.69, 9.17) is 4.74 Å². The maximum absolute atomic E-state index is 5.44. The van der Waals surface area contributed by atoms with E-state index in [1.54, 1.807) is 6.08 Å². The molecule has 0 rings (SSSR count). The molecule has 0 unspecified atom stereocenters. The van der Waals surface area contributed by atoms with Crippen molar-refractivity contribution in [1.82, 2.24) is 0 Å². The van der Waals surface area contributed by atoms with Gasteiger partial charge < -0.3 is 4.74 Å². The highest BCUT2D eigenvalue weighted by Gasteiger charge is 1.99. The second-order valence-corrected chi connectivity index (χ2v) is 2.71. The summed E-state index contributed by atoms with van der Waals surface area (Å²) in [6.07, 6.45) is 3.72. The van der Waals surface area contributed by atoms with E-state index in [0.717, 1.165) is 11.3 Å². The first-order chi connectivity index (χ1) is 5.07. The van der Waals surface area contributed by atoms with Gasteiger partial charge in [-0.2, -0.15) is 0 Å². The lowest BCUT2D eigenvalue weighted by Gasteiger charge is -2.12. The molecule has 0 bridgehead atoms. The first-order valence-electron chi connectivity index (χ1n) is 3.73. The van der Waals surface area contributed by atoms with Gasteiger partial charge >= 0.3 is 0 Å². The highest BCUT2D eigenvalue weighted by molar-refractivity contribution is 5.23. The molecule has 0 radical (unpaired) electrons. The summed E-state index contributed by atoms with van der Waals surface area (Å²) in [5, 5.41) is 0. The second-order valence-electron chi connectivity index (χ2n) is 2.71. The van der Waals surface area contributed by atoms with E-state index in [-0.39, 0.29) is 6.10 Å². The summed E-state index contributed by atoms with van der Waals surface area (Å²) in [5.74, 6) is 0.815. The van der Waals surface area contributed by atoms with Crippen LogP contribution in [0.15, 0.2) is 36.6 Å². The van der Waals surface area contributed by atoms with Crippen LogP contribution in [0.5, 0.6) is 0 Å². The zero-order valence-corrected chi connectivity index (χ0v) is 7.55. The van der Waals surface area contributed by atoms with Crippen LogP contribution in [0.2, 0.25) is 0 Å². The molecule has 0 fully saturated rings. The summed E-state index contributed by atoms with van der Waals surface area (Å²) >= 11 is 0. The van der Waals surface area contributed by atoms with Crippen LogP contribution in [-0.2, 0) is 4.74 Å². The van der Waals surface area contributed by atoms with Gasteiger partial charge in [0.25, 0.3) is 0 Å². The summed E-state index contributed by atoms with van der Waals surface area (Å²) in [7, 11) is 0. The lowest BCUT2D eigenvalue weighted by Crippen LogP contribution is -2.02. The molecule has 0 aromatic carbocycles. The zero-order chi connectivity index (χ0) is 8.85. The van der Waals surface area contributed by atoms with E-state index in [2.05, 4.69) is 13.2 Å². The van der Waals surface area contributed by atoms with Crippen LogP contribution in [0.1, 0.15) is 20.8 Å². The van der Waals surface area contributed by atoms with Gasteiger partial charge in [-0.15, -0.1) is 0 Å². The molecule has 0 heterocycles. The lowest BCUT2D eigenvalue weighted by atomic mass is 10.2. The quantitative estimate of drug-likeness (QED) is 0.444. The number of ether oxygens (including phenoxy) is 1. The van der Waals surface area contributed by atoms with Crippen LogP contribution in [0.25, 0.3) is 0 Å². The van der Waals surface area contributed by atoms with Gasteiger partial charge in [0.15, 0.2) is 0 Å². The van der Waals surface area contributed by atoms with Crippen molar-refractivity contribution in [3.8, 4) is 0 Å². The standard InChI is InChI=1S/C10H16O/c1-6-7-10(8(2)3)11-9(4)5/h6-7,9H,1-2H2,3-5H3/b10-7+. The third-order valence-electron chi connectivity index (χ3n) is 1.05. The smallest absolute Gasteiger partial charge is 0.121 e. The Bertz CT molecular complexity index is 175. The number of rotatable bonds is 4. The molecule has 0 aromatic heterocycles. The largest absolute Gasteiger partial charge is 0.491 e. The minimum Gasteiger partial charge on any atom is -0.491 e. The monoisotopic (exact) mass is 152 g/mol. The number of hydrogen-bond donors (Lipinski definition) is 0. The Morgan fingerprint density at radius 2 is 2.00 bits per heavy atom. The minimum absolute atomic E-state index is 0.192. The second kappa shape index (κ2) is 4.78. The molecule has 0 N–H and O–H groups in total. The third kappa shape index (κ3) is 4.43. The van der Waals surface area contributed by atoms with E-state index in [0.29, 0.717) is 0 Å². The first-order valence-corrected chi connectivity index (χ1v) is 3.73. The molecule has 1 nitrogen and oxygen atoms in total. The maximum atomic E-state index is 5.44. The Hall–Kier alpha value is -0.980. The SMILES string of the molecule is C=C/C=C(/OC(C)C)C(=C)C. The Morgan fingerprint density at radius 1 is 1.45 bits per heavy atom. The molecule has 0 saturated carbocycles. The van der Waals surface area contributed by atoms with Crippen molar-refractivity contribution in [3.63, 3.8) is 0 Å². The van der Waals surface area contributed by atoms with E-state index in [9.17, 15) is 0 Å². The average Bonchev–Trinajstić information content (AvgIpc) is 1.86. The fraction of sp³-hybridized carbons (Fsp3) is 0.400. The van der Waals surface area contributed by atoms with Gasteiger partial charge in [0.1, 0.15) is 5.76 Å². The van der Waals surface area contributed by atoms with Crippen molar-refractivity contribution < 1.29 is 4.74 Å². The van der Waals surface area contributed by atoms with Gasteiger partial charge in [-0.25, -0.2) is 0 Å². The topological polar surface area (TPSA) is 9.23 Å². The molecule has 1 heteroatoms. The molecule has 0 saturated heterocycles. The Balaban J connectivity index is 4.23. The summed E-state index contributed by atoms with van der Waals surface area (Å²) in [6.45, 7) is 13.3. The molecule has 11 heavy (non-hydrogen) atoms. The fourth-order valence-electron chi connectivity index (χ4n) is 0.643. The summed E-state index contributed by atoms with van der Waals surface area (Å²) in [5.41, 5.74) is 0.929. The lowest BCUT2D eigenvalue weighted by molar-refractivity contribution is 0.154. The first kappa shape index (κ1) is 10.0. The number of allylic oxidation sites excluding steroid dienone is 3. The fourth-order valence-corrected chi connectivity index (χ4v) is 0.643. The van der Waals surface area contributed by atoms with Gasteiger partial charge in [0.2, 0.25) is 0 Å². The van der Waals surface area contributed by atoms with Gasteiger partial charge in [-0.1, -0.05) is 19.2 Å². The summed E-state index contributed by atoms with van der Waals surface area (Å²) in [4.78, 5) is 0. The normalized spacial score (nSPS) is 11.5. The Kier molecular flexibility index (Phi) is 4.35. The van der Waals surface area contributed by atoms with E-state index >= 15 is 0 Å². The molecule has 62 valence electrons. The van der Waals surface area contributed by atoms with Crippen LogP contribution in [-0.4, -0.2) is 6.10 Å². The summed E-state index contributed by atoms with van der Waals surface area (Å²) < 4.78 is 5.44. The van der Waals surface area contributed by atoms with Crippen LogP contribution < -0.4 is 0 Å². The molecule has 0 atom stereocenters. The highest BCUT2D eigenvalue weighted by atomic mass is 16.5. The van der Waals surface area contributed by atoms with Crippen molar-refractivity contribution in [1.29, 1.82) is 0 Å². The van der Waals surface area contributed by atoms with Gasteiger partial charge in [0, 0.05) is 0 Å². The van der Waals surface area contributed by atoms with E-state index in [1.807, 2.05) is 26.8 Å². The predicted octanol–water partition coefficient (Wildman–Crippen LogP) is 3.06. The van der Waals surface area contributed by atoms with Gasteiger partial charge in [-0.05, 0) is 32.4 Å². The van der Waals surface area contributed by atoms with Crippen LogP contribution in [0.4, 0.5) is 0 Å². The molecule has 0 amide bonds. The van der Waals surface area contributed by atoms with Crippen molar-refractivity contribution >= 4 is 0 Å². The Morgan fingerprint density at radius 3 is 2.27 bits per heavy atom. The maximum Gasteiger partial charge on any atom is 0.121 e. The van der Waals surface area contributed by atoms with Gasteiger partial charge in [0.05, 0.1) is 6.10 Å². The van der Waals surface area contributed by atoms with Crippen LogP contribution in [0.3, 0.4) is 0 Å². The average molecular weight is 152 g/mol. The van der Waals surface area contributed by atoms with Crippen molar-refractivity contribution in [2.75, 3.05) is 0 Å². The van der Waals surface area contributed by atoms with Crippen LogP contribution >= 0.6 is 0 Å². The van der Waals surface area contributed by atoms with Crippen molar-refractivity contribution in [3.05, 3.63) is 36.6 Å². The highest BCUT2D eigenvalue weighted by Crippen LogP contribution is 2.10. The van der Waals surface area contributed by atoms with Crippen molar-refractivity contribution in [2.45, 2.75) is 26.9 Å². The van der Waals surface area contributed by atoms with Crippen molar-refractivity contribution in [2.24, 2.45) is 0 Å². The predicted molar refractivity (Wildman–Crippen MR) is 49.3 cm³/mol. The molecule has 0 aromatic rings. The molecular formula is C10H16O. The number of hydrogen-bond acceptors (Lipinski definition) is 1.